The lowest BCUT2D eigenvalue weighted by molar-refractivity contribution is -0.120. The van der Waals surface area contributed by atoms with E-state index in [1.54, 1.807) is 11.3 Å². The number of amides is 1. The SMILES string of the molecule is CN1CCO[C@@H](CNCC(=O)NCCc2cccs2)C1. The fraction of sp³-hybridized carbons (Fsp3) is 0.643. The molecule has 0 aromatic carbocycles. The van der Waals surface area contributed by atoms with Gasteiger partial charge in [-0.3, -0.25) is 4.79 Å². The van der Waals surface area contributed by atoms with Gasteiger partial charge in [-0.05, 0) is 24.9 Å². The van der Waals surface area contributed by atoms with E-state index in [0.717, 1.165) is 32.7 Å². The van der Waals surface area contributed by atoms with Crippen molar-refractivity contribution in [2.75, 3.05) is 46.4 Å². The number of rotatable bonds is 7. The predicted octanol–water partition coefficient (Wildman–Crippen LogP) is 0.327. The fourth-order valence-electron chi connectivity index (χ4n) is 2.18. The van der Waals surface area contributed by atoms with Crippen molar-refractivity contribution >= 4 is 17.2 Å². The number of thiophene rings is 1. The van der Waals surface area contributed by atoms with E-state index in [0.29, 0.717) is 13.1 Å². The summed E-state index contributed by atoms with van der Waals surface area (Å²) >= 11 is 1.72. The van der Waals surface area contributed by atoms with Gasteiger partial charge in [0.05, 0.1) is 19.3 Å². The molecule has 1 saturated heterocycles. The molecule has 0 spiro atoms. The van der Waals surface area contributed by atoms with E-state index in [9.17, 15) is 4.79 Å². The van der Waals surface area contributed by atoms with Gasteiger partial charge < -0.3 is 20.3 Å². The number of hydrogen-bond donors (Lipinski definition) is 2. The maximum absolute atomic E-state index is 11.7. The summed E-state index contributed by atoms with van der Waals surface area (Å²) in [5.74, 6) is 0.0470. The van der Waals surface area contributed by atoms with Gasteiger partial charge >= 0.3 is 0 Å². The second-order valence-electron chi connectivity index (χ2n) is 5.07. The van der Waals surface area contributed by atoms with Crippen LogP contribution < -0.4 is 10.6 Å². The van der Waals surface area contributed by atoms with Crippen LogP contribution in [0, 0.1) is 0 Å². The van der Waals surface area contributed by atoms with Crippen molar-refractivity contribution in [3.05, 3.63) is 22.4 Å². The molecule has 5 nitrogen and oxygen atoms in total. The second-order valence-corrected chi connectivity index (χ2v) is 6.10. The molecule has 1 aromatic heterocycles. The molecule has 2 N–H and O–H groups in total. The first kappa shape index (κ1) is 15.4. The minimum Gasteiger partial charge on any atom is -0.374 e. The molecule has 20 heavy (non-hydrogen) atoms. The summed E-state index contributed by atoms with van der Waals surface area (Å²) in [6.07, 6.45) is 1.09. The first-order chi connectivity index (χ1) is 9.74. The Kier molecular flexibility index (Phi) is 6.46. The highest BCUT2D eigenvalue weighted by Gasteiger charge is 2.17. The maximum atomic E-state index is 11.7. The predicted molar refractivity (Wildman–Crippen MR) is 81.1 cm³/mol. The summed E-state index contributed by atoms with van der Waals surface area (Å²) in [5, 5.41) is 8.13. The Labute approximate surface area is 124 Å². The first-order valence-corrected chi connectivity index (χ1v) is 7.92. The van der Waals surface area contributed by atoms with Gasteiger partial charge in [0.1, 0.15) is 0 Å². The smallest absolute Gasteiger partial charge is 0.233 e. The van der Waals surface area contributed by atoms with Gasteiger partial charge in [0.15, 0.2) is 0 Å². The van der Waals surface area contributed by atoms with Gasteiger partial charge in [-0.1, -0.05) is 6.07 Å². The number of nitrogens with one attached hydrogen (secondary N) is 2. The molecule has 1 atom stereocenters. The molecule has 1 aliphatic heterocycles. The van der Waals surface area contributed by atoms with Gasteiger partial charge in [-0.25, -0.2) is 0 Å². The molecule has 112 valence electrons. The number of morpholine rings is 1. The third-order valence-electron chi connectivity index (χ3n) is 3.27. The standard InChI is InChI=1S/C14H23N3O2S/c1-17-6-7-19-12(11-17)9-15-10-14(18)16-5-4-13-3-2-8-20-13/h2-3,8,12,15H,4-7,9-11H2,1H3,(H,16,18)/t12-/m0/s1. The monoisotopic (exact) mass is 297 g/mol. The molecule has 0 aliphatic carbocycles. The van der Waals surface area contributed by atoms with E-state index in [4.69, 9.17) is 4.74 Å². The van der Waals surface area contributed by atoms with E-state index in [1.165, 1.54) is 4.88 Å². The summed E-state index contributed by atoms with van der Waals surface area (Å²) in [5.41, 5.74) is 0. The zero-order valence-corrected chi connectivity index (χ0v) is 12.7. The highest BCUT2D eigenvalue weighted by Crippen LogP contribution is 2.07. The molecule has 2 heterocycles. The van der Waals surface area contributed by atoms with Crippen LogP contribution in [0.2, 0.25) is 0 Å². The maximum Gasteiger partial charge on any atom is 0.233 e. The van der Waals surface area contributed by atoms with E-state index in [2.05, 4.69) is 34.0 Å². The minimum absolute atomic E-state index is 0.0470. The molecular formula is C14H23N3O2S. The lowest BCUT2D eigenvalue weighted by Gasteiger charge is -2.30. The zero-order valence-electron chi connectivity index (χ0n) is 11.9. The molecule has 1 aliphatic rings. The number of nitrogens with zero attached hydrogens (tertiary/aromatic N) is 1. The van der Waals surface area contributed by atoms with Crippen LogP contribution in [0.1, 0.15) is 4.88 Å². The van der Waals surface area contributed by atoms with Crippen LogP contribution in [0.4, 0.5) is 0 Å². The highest BCUT2D eigenvalue weighted by atomic mass is 32.1. The normalized spacial score (nSPS) is 19.9. The lowest BCUT2D eigenvalue weighted by atomic mass is 10.3. The number of carbonyl (C=O) groups excluding carboxylic acids is 1. The van der Waals surface area contributed by atoms with E-state index in [-0.39, 0.29) is 12.0 Å². The van der Waals surface area contributed by atoms with E-state index >= 15 is 0 Å². The van der Waals surface area contributed by atoms with Crippen molar-refractivity contribution in [1.82, 2.24) is 15.5 Å². The third-order valence-corrected chi connectivity index (χ3v) is 4.21. The quantitative estimate of drug-likeness (QED) is 0.761. The number of hydrogen-bond acceptors (Lipinski definition) is 5. The van der Waals surface area contributed by atoms with Crippen LogP contribution >= 0.6 is 11.3 Å². The topological polar surface area (TPSA) is 53.6 Å². The summed E-state index contributed by atoms with van der Waals surface area (Å²) < 4.78 is 5.63. The van der Waals surface area contributed by atoms with Crippen LogP contribution in [0.5, 0.6) is 0 Å². The van der Waals surface area contributed by atoms with Crippen molar-refractivity contribution < 1.29 is 9.53 Å². The summed E-state index contributed by atoms with van der Waals surface area (Å²) in [7, 11) is 2.09. The Bertz CT molecular complexity index is 397. The zero-order chi connectivity index (χ0) is 14.2. The molecule has 6 heteroatoms. The molecule has 0 radical (unpaired) electrons. The fourth-order valence-corrected chi connectivity index (χ4v) is 2.89. The lowest BCUT2D eigenvalue weighted by Crippen LogP contribution is -2.46. The molecule has 0 saturated carbocycles. The average Bonchev–Trinajstić information content (AvgIpc) is 2.92. The Morgan fingerprint density at radius 2 is 2.50 bits per heavy atom. The Hall–Kier alpha value is -0.950. The van der Waals surface area contributed by atoms with E-state index in [1.807, 2.05) is 6.07 Å². The summed E-state index contributed by atoms with van der Waals surface area (Å²) in [4.78, 5) is 15.2. The third kappa shape index (κ3) is 5.58. The van der Waals surface area contributed by atoms with Crippen molar-refractivity contribution in [3.8, 4) is 0 Å². The van der Waals surface area contributed by atoms with Crippen molar-refractivity contribution in [1.29, 1.82) is 0 Å². The molecule has 2 rings (SSSR count). The van der Waals surface area contributed by atoms with Crippen LogP contribution in [0.3, 0.4) is 0 Å². The van der Waals surface area contributed by atoms with Gasteiger partial charge in [0.2, 0.25) is 5.91 Å². The van der Waals surface area contributed by atoms with Crippen molar-refractivity contribution in [2.24, 2.45) is 0 Å². The summed E-state index contributed by atoms with van der Waals surface area (Å²) in [6.45, 7) is 4.46. The molecular weight excluding hydrogens is 274 g/mol. The molecule has 0 unspecified atom stereocenters. The molecule has 1 aromatic rings. The number of ether oxygens (including phenoxy) is 1. The van der Waals surface area contributed by atoms with Gasteiger partial charge in [-0.15, -0.1) is 11.3 Å². The highest BCUT2D eigenvalue weighted by molar-refractivity contribution is 7.09. The van der Waals surface area contributed by atoms with Crippen LogP contribution in [-0.4, -0.2) is 63.3 Å². The van der Waals surface area contributed by atoms with Crippen LogP contribution in [0.15, 0.2) is 17.5 Å². The second kappa shape index (κ2) is 8.36. The Morgan fingerprint density at radius 1 is 1.60 bits per heavy atom. The number of likely N-dealkylation sites (N-methyl/N-ethyl adjacent to an activating group) is 1. The minimum atomic E-state index is 0.0470. The van der Waals surface area contributed by atoms with Gasteiger partial charge in [0.25, 0.3) is 0 Å². The van der Waals surface area contributed by atoms with Crippen LogP contribution in [-0.2, 0) is 16.0 Å². The van der Waals surface area contributed by atoms with Crippen molar-refractivity contribution in [2.45, 2.75) is 12.5 Å². The molecule has 0 bridgehead atoms. The molecule has 1 fully saturated rings. The largest absolute Gasteiger partial charge is 0.374 e. The Morgan fingerprint density at radius 3 is 3.25 bits per heavy atom. The Balaban J connectivity index is 1.51. The van der Waals surface area contributed by atoms with E-state index < -0.39 is 0 Å². The average molecular weight is 297 g/mol. The van der Waals surface area contributed by atoms with Gasteiger partial charge in [0, 0.05) is 31.1 Å². The summed E-state index contributed by atoms with van der Waals surface area (Å²) in [6, 6.07) is 4.12. The molecule has 1 amide bonds. The van der Waals surface area contributed by atoms with Crippen molar-refractivity contribution in [3.63, 3.8) is 0 Å². The number of carbonyl (C=O) groups is 1. The van der Waals surface area contributed by atoms with Gasteiger partial charge in [-0.2, -0.15) is 0 Å². The first-order valence-electron chi connectivity index (χ1n) is 7.04. The van der Waals surface area contributed by atoms with Crippen LogP contribution in [0.25, 0.3) is 0 Å².